The van der Waals surface area contributed by atoms with E-state index in [4.69, 9.17) is 24.5 Å². The molecule has 0 radical (unpaired) electrons. The number of sulfonamides is 1. The Kier molecular flexibility index (Phi) is 8.98. The summed E-state index contributed by atoms with van der Waals surface area (Å²) in [6.45, 7) is 3.37. The highest BCUT2D eigenvalue weighted by atomic mass is 32.2. The highest BCUT2D eigenvalue weighted by molar-refractivity contribution is 7.88. The second-order valence-corrected chi connectivity index (χ2v) is 8.85. The first-order chi connectivity index (χ1) is 14.7. The van der Waals surface area contributed by atoms with Crippen molar-refractivity contribution in [3.8, 4) is 5.75 Å². The molecule has 0 saturated carbocycles. The molecule has 0 unspecified atom stereocenters. The van der Waals surface area contributed by atoms with E-state index in [1.54, 1.807) is 11.4 Å². The van der Waals surface area contributed by atoms with Crippen LogP contribution in [0.25, 0.3) is 0 Å². The Balaban J connectivity index is 0.000000501. The van der Waals surface area contributed by atoms with Crippen molar-refractivity contribution in [2.75, 3.05) is 33.3 Å². The molecular formula is C21H26N2O7S. The van der Waals surface area contributed by atoms with Gasteiger partial charge in [0.1, 0.15) is 5.75 Å². The van der Waals surface area contributed by atoms with Crippen LogP contribution in [0.4, 0.5) is 0 Å². The van der Waals surface area contributed by atoms with E-state index in [0.717, 1.165) is 30.9 Å². The van der Waals surface area contributed by atoms with E-state index < -0.39 is 22.0 Å². The van der Waals surface area contributed by atoms with Gasteiger partial charge in [-0.2, -0.15) is 4.31 Å². The van der Waals surface area contributed by atoms with Gasteiger partial charge in [-0.15, -0.1) is 0 Å². The summed E-state index contributed by atoms with van der Waals surface area (Å²) >= 11 is 0. The van der Waals surface area contributed by atoms with E-state index in [-0.39, 0.29) is 5.75 Å². The summed E-state index contributed by atoms with van der Waals surface area (Å²) < 4.78 is 32.1. The van der Waals surface area contributed by atoms with Crippen molar-refractivity contribution < 1.29 is 33.0 Å². The second kappa shape index (κ2) is 11.4. The predicted octanol–water partition coefficient (Wildman–Crippen LogP) is 1.50. The van der Waals surface area contributed by atoms with Gasteiger partial charge in [-0.3, -0.25) is 4.90 Å². The summed E-state index contributed by atoms with van der Waals surface area (Å²) in [5.41, 5.74) is 2.02. The zero-order valence-electron chi connectivity index (χ0n) is 17.2. The van der Waals surface area contributed by atoms with Crippen LogP contribution in [0.3, 0.4) is 0 Å². The minimum atomic E-state index is -3.26. The number of piperazine rings is 1. The first kappa shape index (κ1) is 24.3. The van der Waals surface area contributed by atoms with Gasteiger partial charge in [-0.1, -0.05) is 42.5 Å². The van der Waals surface area contributed by atoms with Crippen LogP contribution < -0.4 is 4.74 Å². The molecule has 0 amide bonds. The third-order valence-corrected chi connectivity index (χ3v) is 6.49. The molecule has 2 aromatic rings. The van der Waals surface area contributed by atoms with E-state index in [1.807, 2.05) is 48.5 Å². The first-order valence-electron chi connectivity index (χ1n) is 9.54. The lowest BCUT2D eigenvalue weighted by Gasteiger charge is -2.34. The summed E-state index contributed by atoms with van der Waals surface area (Å²) in [6, 6.07) is 17.4. The number of nitrogens with zero attached hydrogens (tertiary/aromatic N) is 2. The number of hydrogen-bond donors (Lipinski definition) is 2. The Morgan fingerprint density at radius 1 is 0.903 bits per heavy atom. The zero-order valence-corrected chi connectivity index (χ0v) is 18.0. The Hall–Kier alpha value is -2.95. The van der Waals surface area contributed by atoms with Gasteiger partial charge in [0.25, 0.3) is 0 Å². The smallest absolute Gasteiger partial charge is 0.414 e. The van der Waals surface area contributed by atoms with Crippen LogP contribution in [0.5, 0.6) is 5.75 Å². The largest absolute Gasteiger partial charge is 0.497 e. The van der Waals surface area contributed by atoms with Gasteiger partial charge in [0.2, 0.25) is 10.0 Å². The average Bonchev–Trinajstić information content (AvgIpc) is 2.75. The van der Waals surface area contributed by atoms with E-state index in [9.17, 15) is 8.42 Å². The van der Waals surface area contributed by atoms with Gasteiger partial charge >= 0.3 is 11.9 Å². The van der Waals surface area contributed by atoms with E-state index >= 15 is 0 Å². The standard InChI is InChI=1S/C19H24N2O3S.C2H2O4/c1-24-19-9-5-8-18(14-19)15-20-10-12-21(13-11-20)25(22,23)16-17-6-3-2-4-7-17;3-1(4)2(5)6/h2-9,14H,10-13,15-16H2,1H3;(H,3,4)(H,5,6). The van der Waals surface area contributed by atoms with Crippen molar-refractivity contribution >= 4 is 22.0 Å². The number of methoxy groups -OCH3 is 1. The Morgan fingerprint density at radius 2 is 1.48 bits per heavy atom. The van der Waals surface area contributed by atoms with Crippen LogP contribution >= 0.6 is 0 Å². The summed E-state index contributed by atoms with van der Waals surface area (Å²) in [7, 11) is -1.59. The molecule has 168 valence electrons. The fourth-order valence-corrected chi connectivity index (χ4v) is 4.59. The number of carbonyl (C=O) groups is 2. The molecule has 0 aromatic heterocycles. The van der Waals surface area contributed by atoms with Crippen molar-refractivity contribution in [2.24, 2.45) is 0 Å². The van der Waals surface area contributed by atoms with Crippen LogP contribution in [0.1, 0.15) is 11.1 Å². The molecule has 1 fully saturated rings. The number of rotatable bonds is 6. The van der Waals surface area contributed by atoms with Crippen molar-refractivity contribution in [3.05, 3.63) is 65.7 Å². The summed E-state index contributed by atoms with van der Waals surface area (Å²) in [5, 5.41) is 14.8. The van der Waals surface area contributed by atoms with Crippen LogP contribution in [0, 0.1) is 0 Å². The van der Waals surface area contributed by atoms with Gasteiger partial charge in [-0.25, -0.2) is 18.0 Å². The fraction of sp³-hybridized carbons (Fsp3) is 0.333. The zero-order chi connectivity index (χ0) is 22.9. The second-order valence-electron chi connectivity index (χ2n) is 6.88. The van der Waals surface area contributed by atoms with Crippen LogP contribution in [-0.4, -0.2) is 73.1 Å². The average molecular weight is 451 g/mol. The Morgan fingerprint density at radius 3 is 2.03 bits per heavy atom. The lowest BCUT2D eigenvalue weighted by atomic mass is 10.2. The molecule has 1 aliphatic heterocycles. The number of ether oxygens (including phenoxy) is 1. The molecule has 2 aromatic carbocycles. The lowest BCUT2D eigenvalue weighted by molar-refractivity contribution is -0.159. The minimum Gasteiger partial charge on any atom is -0.497 e. The van der Waals surface area contributed by atoms with Gasteiger partial charge in [0, 0.05) is 32.7 Å². The van der Waals surface area contributed by atoms with E-state index in [2.05, 4.69) is 11.0 Å². The molecule has 0 spiro atoms. The topological polar surface area (TPSA) is 124 Å². The minimum absolute atomic E-state index is 0.0731. The molecule has 1 saturated heterocycles. The maximum absolute atomic E-state index is 12.6. The molecule has 0 aliphatic carbocycles. The maximum atomic E-state index is 12.6. The highest BCUT2D eigenvalue weighted by Gasteiger charge is 2.27. The molecule has 3 rings (SSSR count). The number of hydrogen-bond acceptors (Lipinski definition) is 6. The van der Waals surface area contributed by atoms with Gasteiger partial charge in [0.05, 0.1) is 12.9 Å². The van der Waals surface area contributed by atoms with Crippen molar-refractivity contribution in [3.63, 3.8) is 0 Å². The third kappa shape index (κ3) is 8.00. The summed E-state index contributed by atoms with van der Waals surface area (Å²) in [4.78, 5) is 20.5. The maximum Gasteiger partial charge on any atom is 0.414 e. The summed E-state index contributed by atoms with van der Waals surface area (Å²) in [6.07, 6.45) is 0. The van der Waals surface area contributed by atoms with Crippen molar-refractivity contribution in [2.45, 2.75) is 12.3 Å². The number of aliphatic carboxylic acids is 2. The third-order valence-electron chi connectivity index (χ3n) is 4.64. The number of carboxylic acid groups (broad SMARTS) is 2. The van der Waals surface area contributed by atoms with E-state index in [0.29, 0.717) is 13.1 Å². The Labute approximate surface area is 181 Å². The van der Waals surface area contributed by atoms with Crippen LogP contribution in [0.2, 0.25) is 0 Å². The van der Waals surface area contributed by atoms with Crippen LogP contribution in [-0.2, 0) is 31.9 Å². The molecule has 2 N–H and O–H groups in total. The van der Waals surface area contributed by atoms with Crippen molar-refractivity contribution in [1.82, 2.24) is 9.21 Å². The molecular weight excluding hydrogens is 424 g/mol. The van der Waals surface area contributed by atoms with Gasteiger partial charge < -0.3 is 14.9 Å². The summed E-state index contributed by atoms with van der Waals surface area (Å²) in [5.74, 6) is -2.73. The van der Waals surface area contributed by atoms with Gasteiger partial charge in [-0.05, 0) is 23.3 Å². The van der Waals surface area contributed by atoms with Crippen molar-refractivity contribution in [1.29, 1.82) is 0 Å². The normalized spacial score (nSPS) is 14.9. The van der Waals surface area contributed by atoms with E-state index in [1.165, 1.54) is 5.56 Å². The SMILES string of the molecule is COc1cccc(CN2CCN(S(=O)(=O)Cc3ccccc3)CC2)c1.O=C(O)C(=O)O. The molecule has 10 heteroatoms. The number of carboxylic acids is 2. The molecule has 0 atom stereocenters. The quantitative estimate of drug-likeness (QED) is 0.635. The molecule has 31 heavy (non-hydrogen) atoms. The molecule has 9 nitrogen and oxygen atoms in total. The predicted molar refractivity (Wildman–Crippen MR) is 114 cm³/mol. The molecule has 1 aliphatic rings. The molecule has 0 bridgehead atoms. The molecule has 1 heterocycles. The van der Waals surface area contributed by atoms with Gasteiger partial charge in [0.15, 0.2) is 0 Å². The van der Waals surface area contributed by atoms with Crippen LogP contribution in [0.15, 0.2) is 54.6 Å². The number of benzene rings is 2. The first-order valence-corrected chi connectivity index (χ1v) is 11.2. The monoisotopic (exact) mass is 450 g/mol. The lowest BCUT2D eigenvalue weighted by Crippen LogP contribution is -2.48. The fourth-order valence-electron chi connectivity index (χ4n) is 3.07. The Bertz CT molecular complexity index is 960. The highest BCUT2D eigenvalue weighted by Crippen LogP contribution is 2.17.